The average Bonchev–Trinajstić information content (AvgIpc) is 3.27. The molecule has 0 aliphatic carbocycles. The molecule has 0 aromatic carbocycles. The molecular weight excluding hydrogens is 302 g/mol. The van der Waals surface area contributed by atoms with Crippen LogP contribution in [0, 0.1) is 0 Å². The van der Waals surface area contributed by atoms with Crippen molar-refractivity contribution < 1.29 is 4.79 Å². The summed E-state index contributed by atoms with van der Waals surface area (Å²) < 4.78 is 0. The lowest BCUT2D eigenvalue weighted by Gasteiger charge is -1.98. The van der Waals surface area contributed by atoms with E-state index in [0.29, 0.717) is 24.1 Å². The molecule has 0 bridgehead atoms. The first-order chi connectivity index (χ1) is 11.8. The van der Waals surface area contributed by atoms with E-state index in [0.717, 1.165) is 22.5 Å². The Labute approximate surface area is 138 Å². The number of carbonyl (C=O) groups is 1. The molecule has 4 aromatic rings. The van der Waals surface area contributed by atoms with Crippen molar-refractivity contribution in [2.24, 2.45) is 0 Å². The number of carbonyl (C=O) groups excluding carboxylic acids is 1. The van der Waals surface area contributed by atoms with Crippen LogP contribution in [0.1, 0.15) is 22.5 Å². The third-order valence-corrected chi connectivity index (χ3v) is 3.94. The first kappa shape index (κ1) is 14.3. The van der Waals surface area contributed by atoms with Crippen LogP contribution in [0.2, 0.25) is 0 Å². The third-order valence-electron chi connectivity index (χ3n) is 3.94. The third kappa shape index (κ3) is 2.69. The van der Waals surface area contributed by atoms with Gasteiger partial charge in [0, 0.05) is 41.7 Å². The predicted octanol–water partition coefficient (Wildman–Crippen LogP) is 3.16. The number of aromatic nitrogens is 5. The minimum absolute atomic E-state index is 0.0881. The summed E-state index contributed by atoms with van der Waals surface area (Å²) in [5, 5.41) is 8.07. The monoisotopic (exact) mass is 317 g/mol. The van der Waals surface area contributed by atoms with E-state index in [4.69, 9.17) is 0 Å². The van der Waals surface area contributed by atoms with Crippen LogP contribution in [0.25, 0.3) is 22.4 Å². The van der Waals surface area contributed by atoms with Crippen molar-refractivity contribution >= 4 is 16.8 Å². The SMILES string of the molecule is O=C(CCc1ccccn1)c1c[nH]c(-c2[nH]nc3ncccc23)c1. The number of fused-ring (bicyclic) bond motifs is 1. The van der Waals surface area contributed by atoms with Crippen LogP contribution in [0.4, 0.5) is 0 Å². The van der Waals surface area contributed by atoms with Crippen molar-refractivity contribution in [1.82, 2.24) is 25.1 Å². The first-order valence-electron chi connectivity index (χ1n) is 7.72. The Morgan fingerprint density at radius 1 is 1.08 bits per heavy atom. The molecule has 6 heteroatoms. The van der Waals surface area contributed by atoms with Gasteiger partial charge in [-0.2, -0.15) is 5.10 Å². The summed E-state index contributed by atoms with van der Waals surface area (Å²) in [5.74, 6) is 0.0881. The second-order valence-corrected chi connectivity index (χ2v) is 5.52. The quantitative estimate of drug-likeness (QED) is 0.553. The fraction of sp³-hybridized carbons (Fsp3) is 0.111. The molecule has 24 heavy (non-hydrogen) atoms. The van der Waals surface area contributed by atoms with Crippen LogP contribution in [0.5, 0.6) is 0 Å². The van der Waals surface area contributed by atoms with E-state index in [1.54, 1.807) is 18.6 Å². The number of aromatic amines is 2. The van der Waals surface area contributed by atoms with Gasteiger partial charge in [-0.05, 0) is 36.8 Å². The number of aryl methyl sites for hydroxylation is 1. The van der Waals surface area contributed by atoms with Crippen molar-refractivity contribution in [3.63, 3.8) is 0 Å². The zero-order chi connectivity index (χ0) is 16.4. The fourth-order valence-electron chi connectivity index (χ4n) is 2.69. The summed E-state index contributed by atoms with van der Waals surface area (Å²) in [6, 6.07) is 11.4. The summed E-state index contributed by atoms with van der Waals surface area (Å²) >= 11 is 0. The van der Waals surface area contributed by atoms with Gasteiger partial charge in [0.1, 0.15) is 0 Å². The van der Waals surface area contributed by atoms with Crippen molar-refractivity contribution in [2.45, 2.75) is 12.8 Å². The van der Waals surface area contributed by atoms with E-state index in [9.17, 15) is 4.79 Å². The Bertz CT molecular complexity index is 987. The van der Waals surface area contributed by atoms with Gasteiger partial charge in [-0.3, -0.25) is 14.9 Å². The van der Waals surface area contributed by atoms with Crippen molar-refractivity contribution in [3.8, 4) is 11.4 Å². The van der Waals surface area contributed by atoms with Crippen LogP contribution in [-0.2, 0) is 6.42 Å². The van der Waals surface area contributed by atoms with E-state index >= 15 is 0 Å². The van der Waals surface area contributed by atoms with E-state index in [2.05, 4.69) is 25.1 Å². The van der Waals surface area contributed by atoms with Gasteiger partial charge in [-0.15, -0.1) is 0 Å². The van der Waals surface area contributed by atoms with Gasteiger partial charge in [0.05, 0.1) is 11.4 Å². The second kappa shape index (κ2) is 6.08. The number of nitrogens with one attached hydrogen (secondary N) is 2. The minimum Gasteiger partial charge on any atom is -0.359 e. The highest BCUT2D eigenvalue weighted by Gasteiger charge is 2.13. The molecule has 0 saturated carbocycles. The zero-order valence-electron chi connectivity index (χ0n) is 12.9. The normalized spacial score (nSPS) is 11.0. The molecule has 0 fully saturated rings. The maximum atomic E-state index is 12.4. The molecule has 4 rings (SSSR count). The zero-order valence-corrected chi connectivity index (χ0v) is 12.9. The van der Waals surface area contributed by atoms with Gasteiger partial charge in [0.15, 0.2) is 11.4 Å². The summed E-state index contributed by atoms with van der Waals surface area (Å²) in [6.07, 6.45) is 6.25. The highest BCUT2D eigenvalue weighted by molar-refractivity contribution is 5.98. The molecule has 4 aromatic heterocycles. The number of nitrogens with zero attached hydrogens (tertiary/aromatic N) is 3. The van der Waals surface area contributed by atoms with Crippen molar-refractivity contribution in [2.75, 3.05) is 0 Å². The van der Waals surface area contributed by atoms with Crippen LogP contribution in [0.3, 0.4) is 0 Å². The number of ketones is 1. The average molecular weight is 317 g/mol. The largest absolute Gasteiger partial charge is 0.359 e. The van der Waals surface area contributed by atoms with E-state index in [1.807, 2.05) is 36.4 Å². The number of rotatable bonds is 5. The maximum Gasteiger partial charge on any atom is 0.181 e. The highest BCUT2D eigenvalue weighted by Crippen LogP contribution is 2.25. The number of pyridine rings is 2. The lowest BCUT2D eigenvalue weighted by atomic mass is 10.1. The molecule has 0 amide bonds. The Morgan fingerprint density at radius 3 is 2.88 bits per heavy atom. The minimum atomic E-state index is 0.0881. The van der Waals surface area contributed by atoms with Crippen LogP contribution < -0.4 is 0 Å². The molecule has 2 N–H and O–H groups in total. The molecule has 0 aliphatic heterocycles. The number of Topliss-reactive ketones (excluding diaryl/α,β-unsaturated/α-hetero) is 1. The van der Waals surface area contributed by atoms with Gasteiger partial charge in [0.2, 0.25) is 0 Å². The Kier molecular flexibility index (Phi) is 3.63. The van der Waals surface area contributed by atoms with Crippen LogP contribution in [0.15, 0.2) is 55.0 Å². The number of hydrogen-bond acceptors (Lipinski definition) is 4. The predicted molar refractivity (Wildman–Crippen MR) is 90.6 cm³/mol. The van der Waals surface area contributed by atoms with E-state index in [1.165, 1.54) is 0 Å². The topological polar surface area (TPSA) is 87.3 Å². The van der Waals surface area contributed by atoms with Gasteiger partial charge >= 0.3 is 0 Å². The van der Waals surface area contributed by atoms with Gasteiger partial charge in [-0.25, -0.2) is 4.98 Å². The summed E-state index contributed by atoms with van der Waals surface area (Å²) in [5.41, 5.74) is 3.90. The molecule has 6 nitrogen and oxygen atoms in total. The molecule has 0 unspecified atom stereocenters. The molecule has 0 spiro atoms. The molecule has 0 atom stereocenters. The Morgan fingerprint density at radius 2 is 2.00 bits per heavy atom. The molecule has 0 radical (unpaired) electrons. The number of H-pyrrole nitrogens is 2. The van der Waals surface area contributed by atoms with E-state index in [-0.39, 0.29) is 5.78 Å². The number of hydrogen-bond donors (Lipinski definition) is 2. The second-order valence-electron chi connectivity index (χ2n) is 5.52. The Balaban J connectivity index is 1.53. The fourth-order valence-corrected chi connectivity index (χ4v) is 2.69. The first-order valence-corrected chi connectivity index (χ1v) is 7.72. The van der Waals surface area contributed by atoms with Gasteiger partial charge in [0.25, 0.3) is 0 Å². The lowest BCUT2D eigenvalue weighted by molar-refractivity contribution is 0.0982. The highest BCUT2D eigenvalue weighted by atomic mass is 16.1. The van der Waals surface area contributed by atoms with Crippen molar-refractivity contribution in [3.05, 3.63) is 66.2 Å². The van der Waals surface area contributed by atoms with E-state index < -0.39 is 0 Å². The van der Waals surface area contributed by atoms with Gasteiger partial charge in [-0.1, -0.05) is 6.07 Å². The van der Waals surface area contributed by atoms with Crippen LogP contribution >= 0.6 is 0 Å². The summed E-state index contributed by atoms with van der Waals surface area (Å²) in [4.78, 5) is 24.0. The molecule has 0 aliphatic rings. The van der Waals surface area contributed by atoms with Gasteiger partial charge < -0.3 is 4.98 Å². The lowest BCUT2D eigenvalue weighted by Crippen LogP contribution is -2.00. The molecular formula is C18H15N5O. The molecule has 4 heterocycles. The van der Waals surface area contributed by atoms with Crippen LogP contribution in [-0.4, -0.2) is 30.9 Å². The maximum absolute atomic E-state index is 12.4. The molecule has 118 valence electrons. The standard InChI is InChI=1S/C18H15N5O/c24-16(7-6-13-4-1-2-8-19-13)12-10-15(21-11-12)17-14-5-3-9-20-18(14)23-22-17/h1-5,8-11,21H,6-7H2,(H,20,22,23). The smallest absolute Gasteiger partial charge is 0.181 e. The molecule has 0 saturated heterocycles. The Hall–Kier alpha value is -3.28. The summed E-state index contributed by atoms with van der Waals surface area (Å²) in [7, 11) is 0. The summed E-state index contributed by atoms with van der Waals surface area (Å²) in [6.45, 7) is 0. The van der Waals surface area contributed by atoms with Crippen molar-refractivity contribution in [1.29, 1.82) is 0 Å².